The third-order valence-electron chi connectivity index (χ3n) is 17.9. The van der Waals surface area contributed by atoms with Gasteiger partial charge in [-0.15, -0.1) is 0 Å². The van der Waals surface area contributed by atoms with Crippen LogP contribution in [0.4, 0.5) is 10.1 Å². The number of imide groups is 1. The van der Waals surface area contributed by atoms with E-state index in [1.165, 1.54) is 31.7 Å². The lowest BCUT2D eigenvalue weighted by Crippen LogP contribution is -2.60. The Morgan fingerprint density at radius 3 is 2.37 bits per heavy atom. The molecule has 15 heteroatoms. The van der Waals surface area contributed by atoms with Crippen LogP contribution in [0.15, 0.2) is 59.4 Å². The average Bonchev–Trinajstić information content (AvgIpc) is 3.87. The first-order valence-corrected chi connectivity index (χ1v) is 25.9. The van der Waals surface area contributed by atoms with Gasteiger partial charge in [-0.2, -0.15) is 0 Å². The minimum absolute atomic E-state index is 0.00796. The minimum atomic E-state index is -1.25. The molecule has 3 spiro atoms. The summed E-state index contributed by atoms with van der Waals surface area (Å²) in [5.74, 6) is -1.35. The van der Waals surface area contributed by atoms with Crippen molar-refractivity contribution in [3.05, 3.63) is 97.6 Å². The quantitative estimate of drug-likeness (QED) is 0.124. The maximum atomic E-state index is 16.4. The van der Waals surface area contributed by atoms with Crippen LogP contribution in [-0.2, 0) is 38.1 Å². The summed E-state index contributed by atoms with van der Waals surface area (Å²) in [6, 6.07) is 14.8. The molecular formula is C53H62Cl2FN7O5. The molecule has 3 saturated carbocycles. The number of fused-ring (bicyclic) bond motifs is 4. The van der Waals surface area contributed by atoms with Gasteiger partial charge in [-0.25, -0.2) is 9.18 Å². The second-order valence-electron chi connectivity index (χ2n) is 21.6. The number of nitrogens with zero attached hydrogens (tertiary/aromatic N) is 3. The van der Waals surface area contributed by atoms with Crippen molar-refractivity contribution in [2.45, 2.75) is 144 Å². The van der Waals surface area contributed by atoms with Crippen molar-refractivity contribution in [2.75, 3.05) is 25.0 Å². The number of benzene rings is 3. The van der Waals surface area contributed by atoms with Crippen molar-refractivity contribution in [1.29, 1.82) is 0 Å². The molecule has 1 unspecified atom stereocenters. The van der Waals surface area contributed by atoms with Crippen molar-refractivity contribution in [3.63, 3.8) is 0 Å². The van der Waals surface area contributed by atoms with Crippen LogP contribution in [-0.4, -0.2) is 74.9 Å². The summed E-state index contributed by atoms with van der Waals surface area (Å²) in [6.45, 7) is 3.30. The molecule has 4 amide bonds. The zero-order valence-corrected chi connectivity index (χ0v) is 40.3. The van der Waals surface area contributed by atoms with E-state index in [0.717, 1.165) is 99.6 Å². The normalized spacial score (nSPS) is 29.1. The summed E-state index contributed by atoms with van der Waals surface area (Å²) < 4.78 is 19.6. The van der Waals surface area contributed by atoms with Crippen molar-refractivity contribution in [1.82, 2.24) is 30.0 Å². The Balaban J connectivity index is 0.697. The van der Waals surface area contributed by atoms with Crippen LogP contribution in [0.25, 0.3) is 11.0 Å². The first-order chi connectivity index (χ1) is 32.8. The first-order valence-electron chi connectivity index (χ1n) is 25.2. The molecule has 4 atom stereocenters. The third kappa shape index (κ3) is 7.55. The zero-order valence-electron chi connectivity index (χ0n) is 38.8. The molecule has 68 heavy (non-hydrogen) atoms. The molecule has 360 valence electrons. The highest BCUT2D eigenvalue weighted by Crippen LogP contribution is 2.63. The number of rotatable bonds is 9. The van der Waals surface area contributed by atoms with Crippen LogP contribution in [0.3, 0.4) is 0 Å². The van der Waals surface area contributed by atoms with E-state index in [4.69, 9.17) is 23.2 Å². The number of hydrogen-bond donors (Lipinski definition) is 4. The van der Waals surface area contributed by atoms with Gasteiger partial charge in [0.15, 0.2) is 0 Å². The average molecular weight is 967 g/mol. The molecule has 3 aliphatic carbocycles. The molecule has 7 aliphatic rings. The minimum Gasteiger partial charge on any atom is -0.352 e. The van der Waals surface area contributed by atoms with Gasteiger partial charge in [0.25, 0.3) is 0 Å². The molecular weight excluding hydrogens is 905 g/mol. The van der Waals surface area contributed by atoms with E-state index in [0.29, 0.717) is 47.2 Å². The fourth-order valence-electron chi connectivity index (χ4n) is 14.7. The number of aromatic nitrogens is 2. The summed E-state index contributed by atoms with van der Waals surface area (Å²) in [5, 5.41) is 13.2. The van der Waals surface area contributed by atoms with E-state index in [1.54, 1.807) is 40.4 Å². The van der Waals surface area contributed by atoms with Gasteiger partial charge >= 0.3 is 5.69 Å². The molecule has 1 aromatic heterocycles. The standard InChI is InChI=1S/C53H62Cl2FN7O5/c1-61-46-33(7-5-10-40(46)63(50(61)68)41-19-20-42(64)59-47(41)65)14-11-32-28-51(29-32)23-25-62(26-24-51)30-31-12-16-35(17-13-31)57-48(66)45-43(36-8-6-9-38(55)44(36)56)53(52(60-45)21-3-2-4-22-52)37-18-15-34(54)27-39(37)58-49(53)67/h5-10,15,18,27,31-32,35,41,43,45,60H,2-4,11-14,16-17,19-26,28-30H2,1H3,(H,57,66)(H,58,67)(H,59,64,65)/t31-,35-,41?,43-,45+,53+/m0/s1. The maximum absolute atomic E-state index is 16.4. The van der Waals surface area contributed by atoms with Gasteiger partial charge in [0, 0.05) is 48.2 Å². The van der Waals surface area contributed by atoms with E-state index < -0.39 is 40.7 Å². The molecule has 0 bridgehead atoms. The second kappa shape index (κ2) is 17.7. The number of aryl methyl sites for hydroxylation is 2. The summed E-state index contributed by atoms with van der Waals surface area (Å²) in [5.41, 5.74) is 2.57. The SMILES string of the molecule is Cn1c(=O)n(C2CCC(=O)NC2=O)c2cccc(CCC3CC4(CCN(C[C@H]5CC[C@H](NC(=O)[C@@H]6NC7(CCCCC7)[C@@]7(C(=O)Nc8cc(Cl)ccc87)[C@H]6c6cccc(Cl)c6F)CC5)CC4)C3)c21. The van der Waals surface area contributed by atoms with Crippen molar-refractivity contribution in [2.24, 2.45) is 24.3 Å². The molecule has 12 nitrogen and oxygen atoms in total. The fraction of sp³-hybridized carbons (Fsp3) is 0.566. The number of imidazole rings is 1. The van der Waals surface area contributed by atoms with Crippen molar-refractivity contribution >= 4 is 63.6 Å². The molecule has 4 aliphatic heterocycles. The van der Waals surface area contributed by atoms with Crippen LogP contribution in [0.1, 0.15) is 131 Å². The lowest BCUT2D eigenvalue weighted by atomic mass is 9.55. The van der Waals surface area contributed by atoms with Gasteiger partial charge in [-0.1, -0.05) is 72.8 Å². The number of anilines is 1. The monoisotopic (exact) mass is 965 g/mol. The molecule has 5 heterocycles. The van der Waals surface area contributed by atoms with Crippen LogP contribution in [0.5, 0.6) is 0 Å². The van der Waals surface area contributed by atoms with Gasteiger partial charge < -0.3 is 15.5 Å². The van der Waals surface area contributed by atoms with Crippen LogP contribution >= 0.6 is 23.2 Å². The number of halogens is 3. The van der Waals surface area contributed by atoms with Crippen molar-refractivity contribution in [3.8, 4) is 0 Å². The number of para-hydroxylation sites is 1. The van der Waals surface area contributed by atoms with Crippen LogP contribution < -0.4 is 27.0 Å². The molecule has 6 fully saturated rings. The number of piperidine rings is 2. The van der Waals surface area contributed by atoms with E-state index in [1.807, 2.05) is 18.2 Å². The highest BCUT2D eigenvalue weighted by molar-refractivity contribution is 6.31. The highest BCUT2D eigenvalue weighted by Gasteiger charge is 2.72. The van der Waals surface area contributed by atoms with Crippen molar-refractivity contribution < 1.29 is 23.6 Å². The Morgan fingerprint density at radius 1 is 0.868 bits per heavy atom. The molecule has 3 saturated heterocycles. The van der Waals surface area contributed by atoms with Gasteiger partial charge in [0.05, 0.1) is 22.1 Å². The summed E-state index contributed by atoms with van der Waals surface area (Å²) in [7, 11) is 1.78. The lowest BCUT2D eigenvalue weighted by molar-refractivity contribution is -0.136. The Bertz CT molecular complexity index is 2740. The number of carbonyl (C=O) groups is 4. The largest absolute Gasteiger partial charge is 0.352 e. The number of hydrogen-bond acceptors (Lipinski definition) is 7. The fourth-order valence-corrected chi connectivity index (χ4v) is 15.0. The van der Waals surface area contributed by atoms with Gasteiger partial charge in [0.2, 0.25) is 23.6 Å². The second-order valence-corrected chi connectivity index (χ2v) is 22.5. The summed E-state index contributed by atoms with van der Waals surface area (Å²) >= 11 is 12.9. The van der Waals surface area contributed by atoms with Crippen LogP contribution in [0, 0.1) is 23.1 Å². The predicted molar refractivity (Wildman–Crippen MR) is 260 cm³/mol. The lowest BCUT2D eigenvalue weighted by Gasteiger charge is -2.53. The number of likely N-dealkylation sites (tertiary alicyclic amines) is 1. The molecule has 4 N–H and O–H groups in total. The zero-order chi connectivity index (χ0) is 47.1. The Hall–Kier alpha value is -4.56. The summed E-state index contributed by atoms with van der Waals surface area (Å²) in [4.78, 5) is 70.1. The highest BCUT2D eigenvalue weighted by atomic mass is 35.5. The van der Waals surface area contributed by atoms with E-state index in [2.05, 4.69) is 32.2 Å². The molecule has 3 aromatic carbocycles. The van der Waals surface area contributed by atoms with E-state index >= 15 is 4.39 Å². The predicted octanol–water partition coefficient (Wildman–Crippen LogP) is 8.21. The van der Waals surface area contributed by atoms with Crippen LogP contribution in [0.2, 0.25) is 10.0 Å². The molecule has 4 aromatic rings. The van der Waals surface area contributed by atoms with Gasteiger partial charge in [-0.05, 0) is 155 Å². The number of carbonyl (C=O) groups excluding carboxylic acids is 4. The molecule has 0 radical (unpaired) electrons. The number of nitrogens with one attached hydrogen (secondary N) is 4. The Kier molecular flexibility index (Phi) is 11.9. The van der Waals surface area contributed by atoms with E-state index in [9.17, 15) is 24.0 Å². The Labute approximate surface area is 406 Å². The number of amides is 4. The molecule has 11 rings (SSSR count). The topological polar surface area (TPSA) is 147 Å². The first kappa shape index (κ1) is 45.9. The maximum Gasteiger partial charge on any atom is 0.329 e. The van der Waals surface area contributed by atoms with Gasteiger partial charge in [-0.3, -0.25) is 38.9 Å². The Morgan fingerprint density at radius 2 is 1.62 bits per heavy atom. The van der Waals surface area contributed by atoms with Gasteiger partial charge in [0.1, 0.15) is 17.3 Å². The van der Waals surface area contributed by atoms with E-state index in [-0.39, 0.29) is 46.5 Å². The summed E-state index contributed by atoms with van der Waals surface area (Å²) in [6.07, 6.45) is 15.4. The third-order valence-corrected chi connectivity index (χ3v) is 18.4. The smallest absolute Gasteiger partial charge is 0.329 e.